The number of ether oxygens (including phenoxy) is 1. The summed E-state index contributed by atoms with van der Waals surface area (Å²) in [5.74, 6) is 1.32. The molecular weight excluding hydrogens is 580 g/mol. The van der Waals surface area contributed by atoms with E-state index in [1.165, 1.54) is 0 Å². The van der Waals surface area contributed by atoms with Gasteiger partial charge in [-0.3, -0.25) is 4.79 Å². The van der Waals surface area contributed by atoms with Crippen molar-refractivity contribution in [3.63, 3.8) is 0 Å². The molecule has 0 bridgehead atoms. The minimum absolute atomic E-state index is 0.141. The van der Waals surface area contributed by atoms with Crippen molar-refractivity contribution in [2.45, 2.75) is 33.2 Å². The first-order valence-electron chi connectivity index (χ1n) is 16.6. The molecule has 0 saturated heterocycles. The predicted molar refractivity (Wildman–Crippen MR) is 192 cm³/mol. The summed E-state index contributed by atoms with van der Waals surface area (Å²) < 4.78 is 6.80. The third-order valence-corrected chi connectivity index (χ3v) is 9.58. The molecule has 0 fully saturated rings. The molecule has 47 heavy (non-hydrogen) atoms. The molecule has 6 heteroatoms. The number of amides is 1. The number of rotatable bonds is 9. The van der Waals surface area contributed by atoms with E-state index in [0.29, 0.717) is 5.56 Å². The first-order valence-corrected chi connectivity index (χ1v) is 16.6. The fourth-order valence-corrected chi connectivity index (χ4v) is 7.16. The van der Waals surface area contributed by atoms with E-state index in [4.69, 9.17) is 9.84 Å². The van der Waals surface area contributed by atoms with Crippen LogP contribution in [0.4, 0.5) is 11.4 Å². The zero-order chi connectivity index (χ0) is 32.5. The Morgan fingerprint density at radius 2 is 1.17 bits per heavy atom. The van der Waals surface area contributed by atoms with Crippen molar-refractivity contribution in [3.8, 4) is 22.6 Å². The topological polar surface area (TPSA) is 48.4 Å². The highest BCUT2D eigenvalue weighted by atomic mass is 16.5. The number of fused-ring (bicyclic) bond motifs is 6. The number of hydrogen-bond donors (Lipinski definition) is 0. The predicted octanol–water partition coefficient (Wildman–Crippen LogP) is 8.93. The van der Waals surface area contributed by atoms with Gasteiger partial charge in [0.15, 0.2) is 0 Å². The van der Waals surface area contributed by atoms with E-state index >= 15 is 0 Å². The molecular formula is C41H40N4O2. The summed E-state index contributed by atoms with van der Waals surface area (Å²) in [5.41, 5.74) is 7.68. The fourth-order valence-electron chi connectivity index (χ4n) is 7.16. The molecule has 0 N–H and O–H groups in total. The molecule has 2 aliphatic rings. The van der Waals surface area contributed by atoms with Gasteiger partial charge >= 0.3 is 0 Å². The van der Waals surface area contributed by atoms with Crippen LogP contribution in [0.15, 0.2) is 120 Å². The highest BCUT2D eigenvalue weighted by Crippen LogP contribution is 2.58. The number of nitrogens with zero attached hydrogens (tertiary/aromatic N) is 4. The van der Waals surface area contributed by atoms with E-state index in [0.717, 1.165) is 82.4 Å². The van der Waals surface area contributed by atoms with Crippen molar-refractivity contribution in [2.75, 3.05) is 36.0 Å². The molecule has 0 radical (unpaired) electrons. The molecule has 6 nitrogen and oxygen atoms in total. The Kier molecular flexibility index (Phi) is 8.02. The number of hydrogen-bond acceptors (Lipinski definition) is 5. The van der Waals surface area contributed by atoms with E-state index in [1.807, 2.05) is 48.5 Å². The molecule has 5 aromatic carbocycles. The standard InChI is InChI=1S/C41H40N4O2/c1-5-43(6-2)32-22-24-36-38(26-32)47-39-27-33(44(7-3)8-4)23-25-37(39)41(36)35-17-13-12-16-34(35)40(46)45(41)42-28-29-18-20-31(21-19-29)30-14-10-9-11-15-30/h9-28H,5-8H2,1-4H3/b42-28+. The lowest BCUT2D eigenvalue weighted by molar-refractivity contribution is 0.0675. The van der Waals surface area contributed by atoms with E-state index < -0.39 is 5.54 Å². The van der Waals surface area contributed by atoms with Gasteiger partial charge in [-0.15, -0.1) is 0 Å². The Balaban J connectivity index is 1.42. The quantitative estimate of drug-likeness (QED) is 0.154. The fraction of sp³-hybridized carbons (Fsp3) is 0.220. The maximum Gasteiger partial charge on any atom is 0.275 e. The summed E-state index contributed by atoms with van der Waals surface area (Å²) in [6.07, 6.45) is 1.80. The van der Waals surface area contributed by atoms with Crippen LogP contribution in [0.5, 0.6) is 11.5 Å². The van der Waals surface area contributed by atoms with Gasteiger partial charge < -0.3 is 14.5 Å². The molecule has 0 aliphatic carbocycles. The van der Waals surface area contributed by atoms with Crippen molar-refractivity contribution < 1.29 is 9.53 Å². The third kappa shape index (κ3) is 4.96. The van der Waals surface area contributed by atoms with Crippen molar-refractivity contribution in [1.29, 1.82) is 0 Å². The minimum Gasteiger partial charge on any atom is -0.456 e. The van der Waals surface area contributed by atoms with Crippen LogP contribution in [0.2, 0.25) is 0 Å². The number of anilines is 2. The zero-order valence-electron chi connectivity index (χ0n) is 27.5. The summed E-state index contributed by atoms with van der Waals surface area (Å²) in [4.78, 5) is 19.1. The van der Waals surface area contributed by atoms with Gasteiger partial charge in [0.05, 0.1) is 6.21 Å². The van der Waals surface area contributed by atoms with Crippen LogP contribution < -0.4 is 14.5 Å². The first kappa shape index (κ1) is 30.3. The molecule has 236 valence electrons. The van der Waals surface area contributed by atoms with Crippen molar-refractivity contribution in [3.05, 3.63) is 143 Å². The Morgan fingerprint density at radius 1 is 0.638 bits per heavy atom. The molecule has 1 spiro atoms. The number of carbonyl (C=O) groups excluding carboxylic acids is 1. The van der Waals surface area contributed by atoms with Gasteiger partial charge in [-0.1, -0.05) is 84.9 Å². The van der Waals surface area contributed by atoms with Gasteiger partial charge in [-0.25, -0.2) is 5.01 Å². The Labute approximate surface area is 277 Å². The summed E-state index contributed by atoms with van der Waals surface area (Å²) in [6, 6.07) is 39.3. The van der Waals surface area contributed by atoms with E-state index in [1.54, 1.807) is 11.2 Å². The second-order valence-electron chi connectivity index (χ2n) is 11.9. The normalized spacial score (nSPS) is 14.1. The smallest absolute Gasteiger partial charge is 0.275 e. The van der Waals surface area contributed by atoms with Crippen LogP contribution in [-0.4, -0.2) is 43.3 Å². The SMILES string of the molecule is CCN(CC)c1ccc2c(c1)Oc1cc(N(CC)CC)ccc1C21c2ccccc2C(=O)N1/N=C/c1ccc(-c2ccccc2)cc1. The number of benzene rings is 5. The molecule has 0 saturated carbocycles. The van der Waals surface area contributed by atoms with Gasteiger partial charge in [0.25, 0.3) is 5.91 Å². The summed E-state index contributed by atoms with van der Waals surface area (Å²) in [5, 5.41) is 6.71. The van der Waals surface area contributed by atoms with Crippen molar-refractivity contribution >= 4 is 23.5 Å². The summed E-state index contributed by atoms with van der Waals surface area (Å²) in [7, 11) is 0. The second-order valence-corrected chi connectivity index (χ2v) is 11.9. The van der Waals surface area contributed by atoms with Gasteiger partial charge in [0, 0.05) is 71.9 Å². The highest BCUT2D eigenvalue weighted by molar-refractivity contribution is 6.03. The minimum atomic E-state index is -1.01. The zero-order valence-corrected chi connectivity index (χ0v) is 27.5. The maximum absolute atomic E-state index is 14.4. The molecule has 0 aromatic heterocycles. The van der Waals surface area contributed by atoms with Crippen LogP contribution in [0.3, 0.4) is 0 Å². The lowest BCUT2D eigenvalue weighted by Crippen LogP contribution is -2.44. The number of hydrazone groups is 1. The molecule has 2 aliphatic heterocycles. The average Bonchev–Trinajstić information content (AvgIpc) is 3.36. The van der Waals surface area contributed by atoms with Crippen LogP contribution >= 0.6 is 0 Å². The molecule has 0 atom stereocenters. The van der Waals surface area contributed by atoms with Gasteiger partial charge in [0.1, 0.15) is 17.0 Å². The summed E-state index contributed by atoms with van der Waals surface area (Å²) >= 11 is 0. The van der Waals surface area contributed by atoms with Crippen LogP contribution in [-0.2, 0) is 5.54 Å². The molecule has 1 amide bonds. The van der Waals surface area contributed by atoms with Crippen LogP contribution in [0, 0.1) is 0 Å². The second kappa shape index (κ2) is 12.4. The lowest BCUT2D eigenvalue weighted by Gasteiger charge is -2.42. The third-order valence-electron chi connectivity index (χ3n) is 9.58. The largest absolute Gasteiger partial charge is 0.456 e. The summed E-state index contributed by atoms with van der Waals surface area (Å²) in [6.45, 7) is 12.1. The Hall–Kier alpha value is -5.36. The first-order chi connectivity index (χ1) is 23.0. The Morgan fingerprint density at radius 3 is 1.74 bits per heavy atom. The van der Waals surface area contributed by atoms with E-state index in [9.17, 15) is 4.79 Å². The van der Waals surface area contributed by atoms with E-state index in [-0.39, 0.29) is 5.91 Å². The molecule has 0 unspecified atom stereocenters. The van der Waals surface area contributed by atoms with Crippen molar-refractivity contribution in [1.82, 2.24) is 5.01 Å². The van der Waals surface area contributed by atoms with Gasteiger partial charge in [-0.2, -0.15) is 5.10 Å². The van der Waals surface area contributed by atoms with Crippen molar-refractivity contribution in [2.24, 2.45) is 5.10 Å². The molecule has 5 aromatic rings. The van der Waals surface area contributed by atoms with Crippen LogP contribution in [0.1, 0.15) is 60.3 Å². The molecule has 7 rings (SSSR count). The van der Waals surface area contributed by atoms with E-state index in [2.05, 4.69) is 104 Å². The lowest BCUT2D eigenvalue weighted by atomic mass is 9.75. The van der Waals surface area contributed by atoms with Crippen LogP contribution in [0.25, 0.3) is 11.1 Å². The Bertz CT molecular complexity index is 1880. The average molecular weight is 621 g/mol. The monoisotopic (exact) mass is 620 g/mol. The maximum atomic E-state index is 14.4. The van der Waals surface area contributed by atoms with Gasteiger partial charge in [0.2, 0.25) is 0 Å². The number of carbonyl (C=O) groups is 1. The highest BCUT2D eigenvalue weighted by Gasteiger charge is 2.57. The van der Waals surface area contributed by atoms with Gasteiger partial charge in [-0.05, 0) is 62.6 Å². The molecule has 2 heterocycles.